The Kier molecular flexibility index (Phi) is 5.50. The van der Waals surface area contributed by atoms with Gasteiger partial charge in [0.05, 0.1) is 0 Å². The Labute approximate surface area is 138 Å². The van der Waals surface area contributed by atoms with E-state index >= 15 is 0 Å². The number of thiol groups is 1. The van der Waals surface area contributed by atoms with Gasteiger partial charge < -0.3 is 10.2 Å². The van der Waals surface area contributed by atoms with E-state index in [1.165, 1.54) is 0 Å². The maximum absolute atomic E-state index is 11.7. The predicted octanol–water partition coefficient (Wildman–Crippen LogP) is 2.48. The summed E-state index contributed by atoms with van der Waals surface area (Å²) in [5.74, 6) is -2.06. The molecule has 118 valence electrons. The minimum Gasteiger partial charge on any atom is -0.480 e. The minimum absolute atomic E-state index is 0.122. The molecule has 7 heteroatoms. The van der Waals surface area contributed by atoms with Crippen LogP contribution in [0.2, 0.25) is 5.02 Å². The Hall–Kier alpha value is -1.50. The van der Waals surface area contributed by atoms with Gasteiger partial charge in [0, 0.05) is 29.4 Å². The fraction of sp³-hybridized carbons (Fsp3) is 0.333. The highest BCUT2D eigenvalue weighted by Crippen LogP contribution is 2.32. The van der Waals surface area contributed by atoms with Gasteiger partial charge >= 0.3 is 11.9 Å². The zero-order valence-corrected chi connectivity index (χ0v) is 13.3. The number of piperidine rings is 1. The predicted molar refractivity (Wildman–Crippen MR) is 86.5 cm³/mol. The fourth-order valence-electron chi connectivity index (χ4n) is 2.69. The molecule has 0 amide bonds. The molecule has 5 nitrogen and oxygen atoms in total. The van der Waals surface area contributed by atoms with Crippen LogP contribution < -0.4 is 0 Å². The van der Waals surface area contributed by atoms with Crippen molar-refractivity contribution in [2.45, 2.75) is 17.7 Å². The first kappa shape index (κ1) is 16.9. The van der Waals surface area contributed by atoms with Gasteiger partial charge in [0.15, 0.2) is 0 Å². The quantitative estimate of drug-likeness (QED) is 0.579. The second-order valence-corrected chi connectivity index (χ2v) is 6.33. The second kappa shape index (κ2) is 7.17. The summed E-state index contributed by atoms with van der Waals surface area (Å²) in [4.78, 5) is 24.3. The van der Waals surface area contributed by atoms with E-state index in [2.05, 4.69) is 12.6 Å². The van der Waals surface area contributed by atoms with Crippen molar-refractivity contribution < 1.29 is 19.8 Å². The Morgan fingerprint density at radius 1 is 1.36 bits per heavy atom. The highest BCUT2D eigenvalue weighted by Gasteiger charge is 2.33. The molecule has 0 radical (unpaired) electrons. The molecule has 2 unspecified atom stereocenters. The third kappa shape index (κ3) is 4.03. The second-order valence-electron chi connectivity index (χ2n) is 5.19. The lowest BCUT2D eigenvalue weighted by Crippen LogP contribution is -2.43. The van der Waals surface area contributed by atoms with Crippen molar-refractivity contribution in [1.29, 1.82) is 0 Å². The van der Waals surface area contributed by atoms with Crippen molar-refractivity contribution in [3.63, 3.8) is 0 Å². The Bertz CT molecular complexity index is 619. The number of aliphatic carboxylic acids is 2. The van der Waals surface area contributed by atoms with Crippen LogP contribution in [0.3, 0.4) is 0 Å². The molecule has 1 saturated heterocycles. The number of halogens is 1. The highest BCUT2D eigenvalue weighted by atomic mass is 35.5. The fourth-order valence-corrected chi connectivity index (χ4v) is 3.37. The number of carboxylic acids is 2. The van der Waals surface area contributed by atoms with Crippen LogP contribution in [0.15, 0.2) is 35.9 Å². The van der Waals surface area contributed by atoms with Crippen LogP contribution in [-0.2, 0) is 9.59 Å². The van der Waals surface area contributed by atoms with Gasteiger partial charge in [-0.25, -0.2) is 4.79 Å². The summed E-state index contributed by atoms with van der Waals surface area (Å²) in [5, 5.41) is 18.7. The maximum Gasteiger partial charge on any atom is 0.328 e. The third-order valence-electron chi connectivity index (χ3n) is 3.48. The van der Waals surface area contributed by atoms with Crippen LogP contribution in [0.4, 0.5) is 0 Å². The normalized spacial score (nSPS) is 22.5. The number of rotatable bonds is 4. The van der Waals surface area contributed by atoms with Gasteiger partial charge in [-0.15, -0.1) is 0 Å². The molecule has 0 spiro atoms. The van der Waals surface area contributed by atoms with E-state index in [9.17, 15) is 14.7 Å². The lowest BCUT2D eigenvalue weighted by atomic mass is 9.98. The zero-order chi connectivity index (χ0) is 16.3. The lowest BCUT2D eigenvalue weighted by Gasteiger charge is -2.36. The molecule has 1 aromatic rings. The molecule has 1 fully saturated rings. The molecular formula is C15H16ClNO4S. The minimum atomic E-state index is -1.04. The molecule has 2 N–H and O–H groups in total. The first-order valence-electron chi connectivity index (χ1n) is 6.70. The first-order chi connectivity index (χ1) is 10.4. The van der Waals surface area contributed by atoms with E-state index in [0.29, 0.717) is 29.1 Å². The molecule has 0 aliphatic carbocycles. The topological polar surface area (TPSA) is 77.8 Å². The first-order valence-corrected chi connectivity index (χ1v) is 7.59. The molecule has 2 atom stereocenters. The van der Waals surface area contributed by atoms with E-state index in [-0.39, 0.29) is 11.8 Å². The third-order valence-corrected chi connectivity index (χ3v) is 4.17. The Balaban J connectivity index is 2.34. The molecule has 2 rings (SSSR count). The Morgan fingerprint density at radius 2 is 2.05 bits per heavy atom. The molecule has 22 heavy (non-hydrogen) atoms. The summed E-state index contributed by atoms with van der Waals surface area (Å²) in [5.41, 5.74) is 1.14. The number of hydrogen-bond donors (Lipinski definition) is 3. The van der Waals surface area contributed by atoms with Gasteiger partial charge in [0.2, 0.25) is 0 Å². The number of carboxylic acid groups (broad SMARTS) is 2. The van der Waals surface area contributed by atoms with Gasteiger partial charge in [-0.3, -0.25) is 9.69 Å². The number of benzene rings is 1. The number of likely N-dealkylation sites (tertiary alicyclic amines) is 1. The smallest absolute Gasteiger partial charge is 0.328 e. The van der Waals surface area contributed by atoms with E-state index in [4.69, 9.17) is 16.7 Å². The Morgan fingerprint density at radius 3 is 2.64 bits per heavy atom. The number of carbonyl (C=O) groups is 2. The van der Waals surface area contributed by atoms with Crippen LogP contribution in [0, 0.1) is 0 Å². The van der Waals surface area contributed by atoms with Gasteiger partial charge in [-0.05, 0) is 23.6 Å². The van der Waals surface area contributed by atoms with Crippen molar-refractivity contribution in [2.75, 3.05) is 13.1 Å². The molecule has 1 aromatic carbocycles. The summed E-state index contributed by atoms with van der Waals surface area (Å²) in [6, 6.07) is 5.85. The molecular weight excluding hydrogens is 326 g/mol. The largest absolute Gasteiger partial charge is 0.480 e. The van der Waals surface area contributed by atoms with E-state index in [1.54, 1.807) is 29.2 Å². The average Bonchev–Trinajstić information content (AvgIpc) is 2.39. The maximum atomic E-state index is 11.7. The van der Waals surface area contributed by atoms with Crippen LogP contribution in [-0.4, -0.2) is 45.4 Å². The van der Waals surface area contributed by atoms with Crippen molar-refractivity contribution in [3.8, 4) is 0 Å². The summed E-state index contributed by atoms with van der Waals surface area (Å²) < 4.78 is 0. The van der Waals surface area contributed by atoms with Crippen molar-refractivity contribution in [3.05, 3.63) is 46.5 Å². The van der Waals surface area contributed by atoms with Gasteiger partial charge in [0.25, 0.3) is 0 Å². The number of hydrogen-bond acceptors (Lipinski definition) is 4. The van der Waals surface area contributed by atoms with Crippen LogP contribution >= 0.6 is 24.2 Å². The van der Waals surface area contributed by atoms with E-state index in [0.717, 1.165) is 6.08 Å². The highest BCUT2D eigenvalue weighted by molar-refractivity contribution is 7.81. The van der Waals surface area contributed by atoms with Gasteiger partial charge in [0.1, 0.15) is 6.04 Å². The van der Waals surface area contributed by atoms with Gasteiger partial charge in [-0.2, -0.15) is 12.6 Å². The molecule has 1 heterocycles. The average molecular weight is 342 g/mol. The summed E-state index contributed by atoms with van der Waals surface area (Å²) in [7, 11) is 0. The van der Waals surface area contributed by atoms with Crippen molar-refractivity contribution in [2.24, 2.45) is 0 Å². The monoisotopic (exact) mass is 341 g/mol. The summed E-state index contributed by atoms with van der Waals surface area (Å²) >= 11 is 10.5. The van der Waals surface area contributed by atoms with Gasteiger partial charge in [-0.1, -0.05) is 29.8 Å². The zero-order valence-electron chi connectivity index (χ0n) is 11.6. The van der Waals surface area contributed by atoms with Crippen molar-refractivity contribution >= 4 is 36.2 Å². The molecule has 1 aliphatic rings. The van der Waals surface area contributed by atoms with Crippen LogP contribution in [0.1, 0.15) is 18.0 Å². The standard InChI is InChI=1S/C15H16ClNO4S/c16-12-4-2-1-3-11(12)14(15(20)21)17-7-9(6-13(18)19)5-10(22)8-17/h1-4,6,10,14,22H,5,7-8H2,(H,18,19)(H,20,21). The number of nitrogens with zero attached hydrogens (tertiary/aromatic N) is 1. The molecule has 0 aromatic heterocycles. The van der Waals surface area contributed by atoms with Crippen molar-refractivity contribution in [1.82, 2.24) is 4.90 Å². The van der Waals surface area contributed by atoms with E-state index in [1.807, 2.05) is 0 Å². The van der Waals surface area contributed by atoms with Crippen LogP contribution in [0.25, 0.3) is 0 Å². The molecule has 0 saturated carbocycles. The molecule has 1 aliphatic heterocycles. The molecule has 0 bridgehead atoms. The summed E-state index contributed by atoms with van der Waals surface area (Å²) in [6.45, 7) is 0.716. The van der Waals surface area contributed by atoms with E-state index < -0.39 is 18.0 Å². The summed E-state index contributed by atoms with van der Waals surface area (Å²) in [6.07, 6.45) is 1.65. The SMILES string of the molecule is O=C(O)C=C1CC(S)CN(C(C(=O)O)c2ccccc2Cl)C1. The van der Waals surface area contributed by atoms with Crippen LogP contribution in [0.5, 0.6) is 0 Å². The lowest BCUT2D eigenvalue weighted by molar-refractivity contribution is -0.143.